The predicted octanol–water partition coefficient (Wildman–Crippen LogP) is 4.86. The van der Waals surface area contributed by atoms with Gasteiger partial charge >= 0.3 is 17.6 Å². The summed E-state index contributed by atoms with van der Waals surface area (Å²) in [5.74, 6) is -6.19. The summed E-state index contributed by atoms with van der Waals surface area (Å²) in [6, 6.07) is 29.7. The predicted molar refractivity (Wildman–Crippen MR) is 117 cm³/mol. The molecule has 0 amide bonds. The SMILES string of the molecule is Clc1ccc([PH+](c2ccccc2)c2ccccc2)cc1.O=S(=O)([O-])C(F)(F)C(F)(F)C(F)F. The summed E-state index contributed by atoms with van der Waals surface area (Å²) >= 11 is 6.02. The third-order valence-electron chi connectivity index (χ3n) is 4.23. The lowest BCUT2D eigenvalue weighted by Crippen LogP contribution is -2.51. The molecule has 0 spiro atoms. The molecule has 0 unspecified atom stereocenters. The minimum absolute atomic E-state index is 0.788. The van der Waals surface area contributed by atoms with Gasteiger partial charge in [0.1, 0.15) is 15.9 Å². The fourth-order valence-corrected chi connectivity index (χ4v) is 5.72. The Morgan fingerprint density at radius 1 is 0.727 bits per heavy atom. The summed E-state index contributed by atoms with van der Waals surface area (Å²) in [4.78, 5) is 0. The molecule has 3 aromatic carbocycles. The molecule has 0 aromatic heterocycles. The number of hydrogen-bond donors (Lipinski definition) is 0. The molecule has 0 aliphatic rings. The highest BCUT2D eigenvalue weighted by atomic mass is 35.5. The lowest BCUT2D eigenvalue weighted by molar-refractivity contribution is -0.227. The summed E-state index contributed by atoms with van der Waals surface area (Å²) in [7, 11) is -7.77. The second kappa shape index (κ2) is 10.9. The molecule has 0 fully saturated rings. The average molecular weight is 529 g/mol. The van der Waals surface area contributed by atoms with E-state index in [4.69, 9.17) is 11.6 Å². The molecule has 178 valence electrons. The van der Waals surface area contributed by atoms with E-state index in [1.54, 1.807) is 0 Å². The summed E-state index contributed by atoms with van der Waals surface area (Å²) < 4.78 is 98.0. The van der Waals surface area contributed by atoms with E-state index in [2.05, 4.69) is 72.8 Å². The van der Waals surface area contributed by atoms with Crippen molar-refractivity contribution in [3.63, 3.8) is 0 Å². The molecule has 3 nitrogen and oxygen atoms in total. The minimum atomic E-state index is -6.82. The van der Waals surface area contributed by atoms with Crippen molar-refractivity contribution in [1.29, 1.82) is 0 Å². The quantitative estimate of drug-likeness (QED) is 0.261. The van der Waals surface area contributed by atoms with Gasteiger partial charge in [-0.15, -0.1) is 0 Å². The van der Waals surface area contributed by atoms with E-state index in [1.165, 1.54) is 15.9 Å². The molecule has 0 atom stereocenters. The van der Waals surface area contributed by atoms with Gasteiger partial charge in [-0.05, 0) is 48.5 Å². The Morgan fingerprint density at radius 3 is 1.39 bits per heavy atom. The van der Waals surface area contributed by atoms with Crippen LogP contribution in [0, 0.1) is 0 Å². The third kappa shape index (κ3) is 6.47. The topological polar surface area (TPSA) is 57.2 Å². The van der Waals surface area contributed by atoms with Crippen LogP contribution in [0.4, 0.5) is 26.3 Å². The zero-order chi connectivity index (χ0) is 24.9. The summed E-state index contributed by atoms with van der Waals surface area (Å²) in [6.45, 7) is 0. The molecule has 0 bridgehead atoms. The molecule has 0 saturated heterocycles. The molecule has 0 heterocycles. The van der Waals surface area contributed by atoms with E-state index < -0.39 is 35.6 Å². The van der Waals surface area contributed by atoms with Gasteiger partial charge in [-0.1, -0.05) is 48.0 Å². The second-order valence-corrected chi connectivity index (χ2v) is 10.8. The molecule has 0 saturated carbocycles. The van der Waals surface area contributed by atoms with Crippen molar-refractivity contribution in [3.05, 3.63) is 90.0 Å². The van der Waals surface area contributed by atoms with Gasteiger partial charge in [0.05, 0.1) is 7.92 Å². The maximum Gasteiger partial charge on any atom is 0.402 e. The van der Waals surface area contributed by atoms with Gasteiger partial charge in [-0.25, -0.2) is 17.2 Å². The second-order valence-electron chi connectivity index (χ2n) is 6.51. The highest BCUT2D eigenvalue weighted by Gasteiger charge is 2.67. The van der Waals surface area contributed by atoms with Gasteiger partial charge in [-0.3, -0.25) is 0 Å². The van der Waals surface area contributed by atoms with E-state index >= 15 is 0 Å². The van der Waals surface area contributed by atoms with Gasteiger partial charge < -0.3 is 4.55 Å². The average Bonchev–Trinajstić information content (AvgIpc) is 2.76. The van der Waals surface area contributed by atoms with Crippen molar-refractivity contribution < 1.29 is 39.3 Å². The normalized spacial score (nSPS) is 12.4. The first-order valence-corrected chi connectivity index (χ1v) is 12.3. The van der Waals surface area contributed by atoms with Crippen molar-refractivity contribution in [2.75, 3.05) is 0 Å². The Hall–Kier alpha value is -2.13. The number of hydrogen-bond acceptors (Lipinski definition) is 3. The van der Waals surface area contributed by atoms with Crippen LogP contribution in [-0.2, 0) is 10.1 Å². The number of benzene rings is 3. The largest absolute Gasteiger partial charge is 0.743 e. The van der Waals surface area contributed by atoms with Crippen LogP contribution in [0.2, 0.25) is 5.02 Å². The molecule has 0 aliphatic carbocycles. The van der Waals surface area contributed by atoms with Crippen molar-refractivity contribution in [2.24, 2.45) is 0 Å². The summed E-state index contributed by atoms with van der Waals surface area (Å²) in [6.07, 6.45) is -4.94. The van der Waals surface area contributed by atoms with E-state index in [0.717, 1.165) is 5.02 Å². The van der Waals surface area contributed by atoms with E-state index in [1.807, 2.05) is 12.1 Å². The summed E-state index contributed by atoms with van der Waals surface area (Å²) in [5.41, 5.74) is 0. The van der Waals surface area contributed by atoms with Gasteiger partial charge in [0.15, 0.2) is 10.1 Å². The first-order valence-electron chi connectivity index (χ1n) is 9.02. The highest BCUT2D eigenvalue weighted by molar-refractivity contribution is 7.86. The maximum absolute atomic E-state index is 11.8. The fourth-order valence-electron chi connectivity index (χ4n) is 2.62. The zero-order valence-electron chi connectivity index (χ0n) is 16.4. The molecule has 3 aromatic rings. The standard InChI is InChI=1S/C18H14ClP.C3H2F6O3S/c19-15-11-13-18(14-12-15)20(16-7-3-1-4-8-16)17-9-5-2-6-10-17;4-1(5)2(6,7)3(8,9)13(10,11)12/h1-14H;1H,(H,10,11,12). The molecular weight excluding hydrogens is 513 g/mol. The van der Waals surface area contributed by atoms with E-state index in [-0.39, 0.29) is 0 Å². The minimum Gasteiger partial charge on any atom is -0.743 e. The van der Waals surface area contributed by atoms with E-state index in [9.17, 15) is 39.3 Å². The monoisotopic (exact) mass is 528 g/mol. The van der Waals surface area contributed by atoms with Crippen molar-refractivity contribution >= 4 is 45.6 Å². The van der Waals surface area contributed by atoms with Crippen LogP contribution in [0.1, 0.15) is 0 Å². The number of alkyl halides is 6. The number of halogens is 7. The zero-order valence-corrected chi connectivity index (χ0v) is 19.0. The van der Waals surface area contributed by atoms with Crippen LogP contribution >= 0.6 is 19.5 Å². The molecule has 0 N–H and O–H groups in total. The Morgan fingerprint density at radius 2 is 1.09 bits per heavy atom. The lowest BCUT2D eigenvalue weighted by Gasteiger charge is -2.27. The van der Waals surface area contributed by atoms with E-state index in [0.29, 0.717) is 0 Å². The molecule has 12 heteroatoms. The van der Waals surface area contributed by atoms with Gasteiger partial charge in [0, 0.05) is 5.02 Å². The van der Waals surface area contributed by atoms with Gasteiger partial charge in [0.2, 0.25) is 0 Å². The van der Waals surface area contributed by atoms with Crippen molar-refractivity contribution in [2.45, 2.75) is 17.6 Å². The molecule has 33 heavy (non-hydrogen) atoms. The summed E-state index contributed by atoms with van der Waals surface area (Å²) in [5, 5.41) is -1.38. The molecule has 3 rings (SSSR count). The smallest absolute Gasteiger partial charge is 0.402 e. The van der Waals surface area contributed by atoms with Crippen molar-refractivity contribution in [3.8, 4) is 0 Å². The third-order valence-corrected chi connectivity index (χ3v) is 8.12. The maximum atomic E-state index is 11.8. The first-order chi connectivity index (χ1) is 15.3. The Bertz CT molecular complexity index is 1090. The first kappa shape index (κ1) is 27.1. The Balaban J connectivity index is 0.000000260. The lowest BCUT2D eigenvalue weighted by atomic mass is 10.4. The van der Waals surface area contributed by atoms with Crippen LogP contribution in [0.3, 0.4) is 0 Å². The fraction of sp³-hybridized carbons (Fsp3) is 0.143. The Kier molecular flexibility index (Phi) is 8.93. The van der Waals surface area contributed by atoms with Crippen LogP contribution in [0.15, 0.2) is 84.9 Å². The highest BCUT2D eigenvalue weighted by Crippen LogP contribution is 2.42. The van der Waals surface area contributed by atoms with Crippen molar-refractivity contribution in [1.82, 2.24) is 0 Å². The van der Waals surface area contributed by atoms with Gasteiger partial charge in [-0.2, -0.15) is 17.6 Å². The van der Waals surface area contributed by atoms with Crippen LogP contribution in [0.25, 0.3) is 0 Å². The molecule has 0 aliphatic heterocycles. The van der Waals surface area contributed by atoms with Gasteiger partial charge in [0.25, 0.3) is 0 Å². The Labute approximate surface area is 192 Å². The van der Waals surface area contributed by atoms with Crippen LogP contribution in [0.5, 0.6) is 0 Å². The molecular formula is C21H16ClF6O3PS. The number of rotatable bonds is 6. The van der Waals surface area contributed by atoms with Crippen LogP contribution in [-0.4, -0.2) is 30.6 Å². The molecule has 0 radical (unpaired) electrons. The van der Waals surface area contributed by atoms with Crippen LogP contribution < -0.4 is 15.9 Å².